The molecule has 3 aromatic rings. The van der Waals surface area contributed by atoms with Gasteiger partial charge in [0.05, 0.1) is 7.11 Å². The molecule has 3 aromatic carbocycles. The lowest BCUT2D eigenvalue weighted by atomic mass is 9.63. The van der Waals surface area contributed by atoms with Crippen molar-refractivity contribution in [1.29, 1.82) is 0 Å². The van der Waals surface area contributed by atoms with Crippen LogP contribution in [0.4, 0.5) is 0 Å². The van der Waals surface area contributed by atoms with Crippen LogP contribution < -0.4 is 4.74 Å². The van der Waals surface area contributed by atoms with Gasteiger partial charge in [0.25, 0.3) is 0 Å². The molecule has 0 bridgehead atoms. The van der Waals surface area contributed by atoms with E-state index in [0.717, 1.165) is 36.1 Å². The van der Waals surface area contributed by atoms with Crippen molar-refractivity contribution in [3.05, 3.63) is 88.5 Å². The Balaban J connectivity index is 1.66. The van der Waals surface area contributed by atoms with Gasteiger partial charge in [-0.1, -0.05) is 60.2 Å². The molecule has 0 N–H and O–H groups in total. The zero-order valence-corrected chi connectivity index (χ0v) is 15.9. The van der Waals surface area contributed by atoms with Crippen molar-refractivity contribution in [3.8, 4) is 5.75 Å². The van der Waals surface area contributed by atoms with Crippen LogP contribution in [0.5, 0.6) is 5.75 Å². The average Bonchev–Trinajstić information content (AvgIpc) is 3.05. The van der Waals surface area contributed by atoms with Gasteiger partial charge in [0, 0.05) is 28.9 Å². The number of ether oxygens (including phenoxy) is 1. The smallest absolute Gasteiger partial charge is 0.167 e. The molecule has 3 aliphatic rings. The molecule has 2 nitrogen and oxygen atoms in total. The van der Waals surface area contributed by atoms with Gasteiger partial charge in [-0.15, -0.1) is 0 Å². The van der Waals surface area contributed by atoms with E-state index in [9.17, 15) is 4.79 Å². The van der Waals surface area contributed by atoms with Crippen LogP contribution >= 0.6 is 0 Å². The normalized spacial score (nSPS) is 24.8. The van der Waals surface area contributed by atoms with Crippen LogP contribution in [0, 0.1) is 5.92 Å². The van der Waals surface area contributed by atoms with Gasteiger partial charge in [-0.2, -0.15) is 0 Å². The molecular formula is C26H22O2. The quantitative estimate of drug-likeness (QED) is 0.508. The van der Waals surface area contributed by atoms with Gasteiger partial charge in [-0.05, 0) is 47.2 Å². The molecule has 0 heterocycles. The van der Waals surface area contributed by atoms with Crippen LogP contribution in [0.1, 0.15) is 51.7 Å². The first kappa shape index (κ1) is 16.1. The summed E-state index contributed by atoms with van der Waals surface area (Å²) in [5.74, 6) is 1.65. The van der Waals surface area contributed by atoms with Crippen molar-refractivity contribution in [3.63, 3.8) is 0 Å². The minimum Gasteiger partial charge on any atom is -0.496 e. The highest BCUT2D eigenvalue weighted by atomic mass is 16.5. The fraction of sp³-hybridized carbons (Fsp3) is 0.269. The van der Waals surface area contributed by atoms with Gasteiger partial charge < -0.3 is 4.74 Å². The van der Waals surface area contributed by atoms with E-state index in [-0.39, 0.29) is 17.8 Å². The van der Waals surface area contributed by atoms with Crippen molar-refractivity contribution < 1.29 is 9.53 Å². The van der Waals surface area contributed by atoms with E-state index >= 15 is 0 Å². The van der Waals surface area contributed by atoms with Gasteiger partial charge in [0.1, 0.15) is 5.75 Å². The van der Waals surface area contributed by atoms with E-state index < -0.39 is 0 Å². The highest BCUT2D eigenvalue weighted by Gasteiger charge is 2.49. The Labute approximate surface area is 164 Å². The number of Topliss-reactive ketones (excluding diaryl/α,β-unsaturated/α-hetero) is 1. The van der Waals surface area contributed by atoms with Crippen LogP contribution in [0.15, 0.2) is 66.2 Å². The molecule has 0 unspecified atom stereocenters. The molecule has 0 saturated carbocycles. The third kappa shape index (κ3) is 2.01. The summed E-state index contributed by atoms with van der Waals surface area (Å²) in [4.78, 5) is 13.3. The molecule has 3 aliphatic carbocycles. The van der Waals surface area contributed by atoms with E-state index in [2.05, 4.69) is 42.5 Å². The maximum atomic E-state index is 13.3. The molecule has 0 spiro atoms. The van der Waals surface area contributed by atoms with Gasteiger partial charge in [0.2, 0.25) is 0 Å². The molecule has 3 atom stereocenters. The van der Waals surface area contributed by atoms with Crippen molar-refractivity contribution in [2.45, 2.75) is 31.1 Å². The topological polar surface area (TPSA) is 26.3 Å². The monoisotopic (exact) mass is 366 g/mol. The van der Waals surface area contributed by atoms with Crippen molar-refractivity contribution in [2.24, 2.45) is 5.92 Å². The number of allylic oxidation sites excluding steroid dienone is 2. The number of rotatable bonds is 1. The second-order valence-corrected chi connectivity index (χ2v) is 8.27. The molecule has 0 aromatic heterocycles. The van der Waals surface area contributed by atoms with Gasteiger partial charge >= 0.3 is 0 Å². The molecule has 138 valence electrons. The van der Waals surface area contributed by atoms with E-state index in [1.807, 2.05) is 18.2 Å². The Morgan fingerprint density at radius 3 is 2.71 bits per heavy atom. The average molecular weight is 366 g/mol. The van der Waals surface area contributed by atoms with Crippen molar-refractivity contribution >= 4 is 16.6 Å². The van der Waals surface area contributed by atoms with E-state index in [0.29, 0.717) is 5.78 Å². The minimum absolute atomic E-state index is 0.0324. The zero-order valence-electron chi connectivity index (χ0n) is 15.9. The highest BCUT2D eigenvalue weighted by molar-refractivity contribution is 6.05. The summed E-state index contributed by atoms with van der Waals surface area (Å²) in [6, 6.07) is 19.2. The fourth-order valence-electron chi connectivity index (χ4n) is 5.96. The lowest BCUT2D eigenvalue weighted by molar-refractivity contribution is 0.0915. The Hall–Kier alpha value is -2.87. The molecule has 0 amide bonds. The molecular weight excluding hydrogens is 344 g/mol. The highest BCUT2D eigenvalue weighted by Crippen LogP contribution is 2.59. The largest absolute Gasteiger partial charge is 0.496 e. The van der Waals surface area contributed by atoms with E-state index in [1.54, 1.807) is 7.11 Å². The predicted molar refractivity (Wildman–Crippen MR) is 111 cm³/mol. The number of benzene rings is 3. The zero-order chi connectivity index (χ0) is 18.8. The number of hydrogen-bond acceptors (Lipinski definition) is 2. The van der Waals surface area contributed by atoms with Crippen LogP contribution in [-0.2, 0) is 6.42 Å². The summed E-state index contributed by atoms with van der Waals surface area (Å²) in [6.45, 7) is 0. The van der Waals surface area contributed by atoms with Crippen molar-refractivity contribution in [1.82, 2.24) is 0 Å². The van der Waals surface area contributed by atoms with E-state index in [4.69, 9.17) is 4.74 Å². The number of ketones is 1. The summed E-state index contributed by atoms with van der Waals surface area (Å²) in [6.07, 6.45) is 5.41. The SMILES string of the molecule is COc1cccc2c1[C@H]1[C@@H]3C(=CC[C@H]1C2=O)CCc1ccc2ccccc2c13. The summed E-state index contributed by atoms with van der Waals surface area (Å²) < 4.78 is 5.74. The van der Waals surface area contributed by atoms with Crippen LogP contribution in [0.2, 0.25) is 0 Å². The first-order valence-corrected chi connectivity index (χ1v) is 10.2. The number of carbonyl (C=O) groups excluding carboxylic acids is 1. The third-order valence-corrected chi connectivity index (χ3v) is 7.10. The Kier molecular flexibility index (Phi) is 3.35. The number of carbonyl (C=O) groups is 1. The summed E-state index contributed by atoms with van der Waals surface area (Å²) in [5.41, 5.74) is 6.40. The molecule has 0 aliphatic heterocycles. The second kappa shape index (κ2) is 5.81. The van der Waals surface area contributed by atoms with E-state index in [1.165, 1.54) is 27.5 Å². The Morgan fingerprint density at radius 1 is 0.929 bits per heavy atom. The molecule has 2 heteroatoms. The number of fused-ring (bicyclic) bond motifs is 9. The molecule has 0 saturated heterocycles. The Morgan fingerprint density at radius 2 is 1.82 bits per heavy atom. The molecule has 0 fully saturated rings. The maximum Gasteiger partial charge on any atom is 0.167 e. The van der Waals surface area contributed by atoms with Gasteiger partial charge in [-0.25, -0.2) is 0 Å². The lowest BCUT2D eigenvalue weighted by Gasteiger charge is -2.40. The first-order valence-electron chi connectivity index (χ1n) is 10.2. The van der Waals surface area contributed by atoms with Crippen LogP contribution in [-0.4, -0.2) is 12.9 Å². The predicted octanol–water partition coefficient (Wildman–Crippen LogP) is 5.80. The molecule has 6 rings (SSSR count). The maximum absolute atomic E-state index is 13.3. The number of methoxy groups -OCH3 is 1. The first-order chi connectivity index (χ1) is 13.8. The lowest BCUT2D eigenvalue weighted by Crippen LogP contribution is -2.28. The molecule has 28 heavy (non-hydrogen) atoms. The van der Waals surface area contributed by atoms with Crippen LogP contribution in [0.25, 0.3) is 10.8 Å². The standard InChI is InChI=1S/C26H22O2/c1-28-21-8-4-7-19-24(21)25-20(26(19)27)14-13-17-12-11-16-10-9-15-5-2-3-6-18(15)22(16)23(17)25/h2-10,13,20,23,25H,11-12,14H2,1H3/t20-,23-,25-/m1/s1. The van der Waals surface area contributed by atoms with Crippen molar-refractivity contribution in [2.75, 3.05) is 7.11 Å². The van der Waals surface area contributed by atoms with Crippen LogP contribution in [0.3, 0.4) is 0 Å². The minimum atomic E-state index is 0.0324. The van der Waals surface area contributed by atoms with Gasteiger partial charge in [0.15, 0.2) is 5.78 Å². The second-order valence-electron chi connectivity index (χ2n) is 8.27. The van der Waals surface area contributed by atoms with Gasteiger partial charge in [-0.3, -0.25) is 4.79 Å². The Bertz CT molecular complexity index is 1170. The number of hydrogen-bond donors (Lipinski definition) is 0. The summed E-state index contributed by atoms with van der Waals surface area (Å²) in [5, 5.41) is 2.63. The fourth-order valence-corrected chi connectivity index (χ4v) is 5.96. The summed E-state index contributed by atoms with van der Waals surface area (Å²) in [7, 11) is 1.72. The third-order valence-electron chi connectivity index (χ3n) is 7.10. The summed E-state index contributed by atoms with van der Waals surface area (Å²) >= 11 is 0. The number of aryl methyl sites for hydroxylation is 1. The molecule has 0 radical (unpaired) electrons.